The van der Waals surface area contributed by atoms with Gasteiger partial charge in [0.05, 0.1) is 25.3 Å². The summed E-state index contributed by atoms with van der Waals surface area (Å²) < 4.78 is 10.6. The number of anilines is 2. The van der Waals surface area contributed by atoms with Crippen LogP contribution in [0.5, 0.6) is 11.5 Å². The summed E-state index contributed by atoms with van der Waals surface area (Å²) in [6.07, 6.45) is 2.36. The highest BCUT2D eigenvalue weighted by Gasteiger charge is 2.31. The first-order valence-corrected chi connectivity index (χ1v) is 12.1. The Balaban J connectivity index is 1.31. The number of aryl methyl sites for hydroxylation is 2. The van der Waals surface area contributed by atoms with Gasteiger partial charge in [-0.05, 0) is 44.4 Å². The van der Waals surface area contributed by atoms with E-state index in [2.05, 4.69) is 24.1 Å². The molecule has 1 aliphatic heterocycles. The number of rotatable bonds is 5. The number of carbonyl (C=O) groups excluding carboxylic acids is 1. The van der Waals surface area contributed by atoms with Gasteiger partial charge in [-0.1, -0.05) is 0 Å². The molecule has 0 unspecified atom stereocenters. The van der Waals surface area contributed by atoms with E-state index in [-0.39, 0.29) is 6.03 Å². The van der Waals surface area contributed by atoms with Crippen molar-refractivity contribution in [3.8, 4) is 11.5 Å². The zero-order valence-corrected chi connectivity index (χ0v) is 20.3. The van der Waals surface area contributed by atoms with Crippen molar-refractivity contribution in [2.75, 3.05) is 50.6 Å². The SMILES string of the molecule is COc1ccc(NC(=O)N2CCN(c3nc(C4CC4)nc4sc(C)c(C)c34)CC2)c(OC)c1. The van der Waals surface area contributed by atoms with Gasteiger partial charge in [0.1, 0.15) is 28.0 Å². The fraction of sp³-hybridized carbons (Fsp3) is 0.458. The van der Waals surface area contributed by atoms with Gasteiger partial charge in [-0.25, -0.2) is 14.8 Å². The molecule has 0 bridgehead atoms. The highest BCUT2D eigenvalue weighted by molar-refractivity contribution is 7.18. The van der Waals surface area contributed by atoms with Gasteiger partial charge in [0.25, 0.3) is 0 Å². The average Bonchev–Trinajstić information content (AvgIpc) is 3.65. The predicted octanol–water partition coefficient (Wildman–Crippen LogP) is 4.56. The average molecular weight is 468 g/mol. The van der Waals surface area contributed by atoms with E-state index in [0.717, 1.165) is 29.6 Å². The maximum atomic E-state index is 12.9. The van der Waals surface area contributed by atoms with E-state index in [1.54, 1.807) is 43.8 Å². The van der Waals surface area contributed by atoms with Gasteiger partial charge in [0, 0.05) is 43.0 Å². The van der Waals surface area contributed by atoms with Crippen LogP contribution in [0.3, 0.4) is 0 Å². The third-order valence-corrected chi connectivity index (χ3v) is 7.59. The summed E-state index contributed by atoms with van der Waals surface area (Å²) in [7, 11) is 3.18. The lowest BCUT2D eigenvalue weighted by Crippen LogP contribution is -2.50. The molecule has 8 nitrogen and oxygen atoms in total. The van der Waals surface area contributed by atoms with Gasteiger partial charge in [-0.3, -0.25) is 0 Å². The third kappa shape index (κ3) is 4.17. The molecule has 174 valence electrons. The van der Waals surface area contributed by atoms with Crippen molar-refractivity contribution in [2.45, 2.75) is 32.6 Å². The Morgan fingerprint density at radius 2 is 1.85 bits per heavy atom. The molecule has 0 atom stereocenters. The van der Waals surface area contributed by atoms with Crippen LogP contribution < -0.4 is 19.7 Å². The molecule has 1 aliphatic carbocycles. The molecule has 33 heavy (non-hydrogen) atoms. The molecule has 0 radical (unpaired) electrons. The summed E-state index contributed by atoms with van der Waals surface area (Å²) in [5.74, 6) is 3.76. The summed E-state index contributed by atoms with van der Waals surface area (Å²) in [5, 5.41) is 4.14. The summed E-state index contributed by atoms with van der Waals surface area (Å²) in [6, 6.07) is 5.23. The van der Waals surface area contributed by atoms with Crippen LogP contribution in [-0.4, -0.2) is 61.3 Å². The molecular formula is C24H29N5O3S. The normalized spacial score (nSPS) is 16.2. The van der Waals surface area contributed by atoms with Crippen molar-refractivity contribution >= 4 is 39.1 Å². The van der Waals surface area contributed by atoms with Crippen LogP contribution >= 0.6 is 11.3 Å². The minimum Gasteiger partial charge on any atom is -0.497 e. The lowest BCUT2D eigenvalue weighted by atomic mass is 10.2. The van der Waals surface area contributed by atoms with Crippen LogP contribution in [0.15, 0.2) is 18.2 Å². The number of hydrogen-bond acceptors (Lipinski definition) is 7. The van der Waals surface area contributed by atoms with E-state index in [0.29, 0.717) is 36.2 Å². The fourth-order valence-electron chi connectivity index (χ4n) is 4.21. The number of nitrogens with zero attached hydrogens (tertiary/aromatic N) is 4. The standard InChI is InChI=1S/C24H29N5O3S/c1-14-15(2)33-23-20(14)22(26-21(27-23)16-5-6-16)28-9-11-29(12-10-28)24(30)25-18-8-7-17(31-3)13-19(18)32-4/h7-8,13,16H,5-6,9-12H2,1-4H3,(H,25,30). The zero-order valence-electron chi connectivity index (χ0n) is 19.5. The molecule has 3 aromatic rings. The zero-order chi connectivity index (χ0) is 23.1. The Bertz CT molecular complexity index is 1200. The molecule has 2 fully saturated rings. The van der Waals surface area contributed by atoms with E-state index in [9.17, 15) is 4.79 Å². The highest BCUT2D eigenvalue weighted by Crippen LogP contribution is 2.42. The Kier molecular flexibility index (Phi) is 5.74. The summed E-state index contributed by atoms with van der Waals surface area (Å²) in [6.45, 7) is 7.02. The first-order chi connectivity index (χ1) is 16.0. The molecule has 2 aliphatic rings. The maximum Gasteiger partial charge on any atom is 0.322 e. The number of fused-ring (bicyclic) bond motifs is 1. The number of thiophene rings is 1. The van der Waals surface area contributed by atoms with Crippen LogP contribution in [0.25, 0.3) is 10.2 Å². The van der Waals surface area contributed by atoms with Crippen LogP contribution in [0.4, 0.5) is 16.3 Å². The molecule has 9 heteroatoms. The minimum atomic E-state index is -0.132. The van der Waals surface area contributed by atoms with E-state index < -0.39 is 0 Å². The van der Waals surface area contributed by atoms with Crippen LogP contribution in [0.1, 0.15) is 35.0 Å². The van der Waals surface area contributed by atoms with Crippen molar-refractivity contribution in [1.29, 1.82) is 0 Å². The van der Waals surface area contributed by atoms with Crippen molar-refractivity contribution in [1.82, 2.24) is 14.9 Å². The van der Waals surface area contributed by atoms with Crippen LogP contribution in [0, 0.1) is 13.8 Å². The van der Waals surface area contributed by atoms with E-state index in [1.165, 1.54) is 28.7 Å². The molecule has 2 amide bonds. The topological polar surface area (TPSA) is 79.8 Å². The summed E-state index contributed by atoms with van der Waals surface area (Å²) in [4.78, 5) is 29.4. The monoisotopic (exact) mass is 467 g/mol. The van der Waals surface area contributed by atoms with E-state index in [1.807, 2.05) is 4.90 Å². The third-order valence-electron chi connectivity index (χ3n) is 6.49. The first-order valence-electron chi connectivity index (χ1n) is 11.3. The molecule has 2 aromatic heterocycles. The number of benzene rings is 1. The lowest BCUT2D eigenvalue weighted by molar-refractivity contribution is 0.208. The quantitative estimate of drug-likeness (QED) is 0.593. The van der Waals surface area contributed by atoms with E-state index in [4.69, 9.17) is 19.4 Å². The molecule has 0 spiro atoms. The lowest BCUT2D eigenvalue weighted by Gasteiger charge is -2.36. The maximum absolute atomic E-state index is 12.9. The number of nitrogens with one attached hydrogen (secondary N) is 1. The molecule has 3 heterocycles. The molecule has 5 rings (SSSR count). The Morgan fingerprint density at radius 3 is 2.52 bits per heavy atom. The Hall–Kier alpha value is -3.07. The molecular weight excluding hydrogens is 438 g/mol. The minimum absolute atomic E-state index is 0.132. The van der Waals surface area contributed by atoms with Crippen molar-refractivity contribution in [2.24, 2.45) is 0 Å². The smallest absolute Gasteiger partial charge is 0.322 e. The molecule has 1 aromatic carbocycles. The molecule has 1 N–H and O–H groups in total. The number of carbonyl (C=O) groups is 1. The first kappa shape index (κ1) is 21.8. The van der Waals surface area contributed by atoms with Gasteiger partial charge in [0.15, 0.2) is 0 Å². The van der Waals surface area contributed by atoms with Crippen molar-refractivity contribution in [3.05, 3.63) is 34.5 Å². The number of urea groups is 1. The Labute approximate surface area is 197 Å². The number of aromatic nitrogens is 2. The number of hydrogen-bond donors (Lipinski definition) is 1. The molecule has 1 saturated heterocycles. The van der Waals surface area contributed by atoms with Crippen molar-refractivity contribution < 1.29 is 14.3 Å². The summed E-state index contributed by atoms with van der Waals surface area (Å²) in [5.41, 5.74) is 1.89. The van der Waals surface area contributed by atoms with Gasteiger partial charge >= 0.3 is 6.03 Å². The van der Waals surface area contributed by atoms with Gasteiger partial charge < -0.3 is 24.6 Å². The van der Waals surface area contributed by atoms with Gasteiger partial charge in [-0.2, -0.15) is 0 Å². The fourth-order valence-corrected chi connectivity index (χ4v) is 5.25. The number of amides is 2. The molecule has 1 saturated carbocycles. The number of ether oxygens (including phenoxy) is 2. The number of methoxy groups -OCH3 is 2. The highest BCUT2D eigenvalue weighted by atomic mass is 32.1. The second-order valence-electron chi connectivity index (χ2n) is 8.61. The van der Waals surface area contributed by atoms with E-state index >= 15 is 0 Å². The Morgan fingerprint density at radius 1 is 1.09 bits per heavy atom. The summed E-state index contributed by atoms with van der Waals surface area (Å²) >= 11 is 1.76. The van der Waals surface area contributed by atoms with Crippen LogP contribution in [-0.2, 0) is 0 Å². The second-order valence-corrected chi connectivity index (χ2v) is 9.82. The largest absolute Gasteiger partial charge is 0.497 e. The predicted molar refractivity (Wildman–Crippen MR) is 131 cm³/mol. The van der Waals surface area contributed by atoms with Gasteiger partial charge in [-0.15, -0.1) is 11.3 Å². The second kappa shape index (κ2) is 8.70. The van der Waals surface area contributed by atoms with Crippen molar-refractivity contribution in [3.63, 3.8) is 0 Å². The van der Waals surface area contributed by atoms with Crippen LogP contribution in [0.2, 0.25) is 0 Å². The van der Waals surface area contributed by atoms with Gasteiger partial charge in [0.2, 0.25) is 0 Å². The number of piperazine rings is 1.